The Kier molecular flexibility index (Phi) is 7.30. The minimum Gasteiger partial charge on any atom is -0.507 e. The van der Waals surface area contributed by atoms with Crippen molar-refractivity contribution in [1.29, 1.82) is 0 Å². The lowest BCUT2D eigenvalue weighted by atomic mass is 10.0. The van der Waals surface area contributed by atoms with Gasteiger partial charge in [0.2, 0.25) is 0 Å². The van der Waals surface area contributed by atoms with E-state index >= 15 is 0 Å². The first-order valence-corrected chi connectivity index (χ1v) is 10.4. The van der Waals surface area contributed by atoms with Crippen molar-refractivity contribution in [3.8, 4) is 16.9 Å². The van der Waals surface area contributed by atoms with Gasteiger partial charge in [0.25, 0.3) is 5.91 Å². The summed E-state index contributed by atoms with van der Waals surface area (Å²) < 4.78 is 19.2. The van der Waals surface area contributed by atoms with Gasteiger partial charge in [-0.2, -0.15) is 0 Å². The van der Waals surface area contributed by atoms with E-state index in [0.29, 0.717) is 11.1 Å². The molecule has 0 saturated heterocycles. The largest absolute Gasteiger partial charge is 0.507 e. The van der Waals surface area contributed by atoms with E-state index in [1.807, 2.05) is 24.3 Å². The van der Waals surface area contributed by atoms with Crippen LogP contribution in [0.5, 0.6) is 5.75 Å². The summed E-state index contributed by atoms with van der Waals surface area (Å²) in [7, 11) is 1.24. The number of aromatic hydroxyl groups is 1. The fraction of sp³-hybridized carbons (Fsp3) is 0.130. The number of amides is 1. The summed E-state index contributed by atoms with van der Waals surface area (Å²) in [6, 6.07) is 14.9. The molecular formula is C23H18BrClFNO4. The number of hydrogen-bond acceptors (Lipinski definition) is 4. The summed E-state index contributed by atoms with van der Waals surface area (Å²) in [4.78, 5) is 25.1. The molecule has 0 radical (unpaired) electrons. The lowest BCUT2D eigenvalue weighted by Crippen LogP contribution is -2.43. The van der Waals surface area contributed by atoms with E-state index in [9.17, 15) is 19.1 Å². The lowest BCUT2D eigenvalue weighted by molar-refractivity contribution is -0.142. The van der Waals surface area contributed by atoms with Crippen LogP contribution in [0.4, 0.5) is 4.39 Å². The number of ether oxygens (including phenoxy) is 1. The van der Waals surface area contributed by atoms with Gasteiger partial charge in [0.05, 0.1) is 17.7 Å². The van der Waals surface area contributed by atoms with Gasteiger partial charge in [-0.1, -0.05) is 51.8 Å². The Morgan fingerprint density at radius 1 is 1.10 bits per heavy atom. The first-order chi connectivity index (χ1) is 14.8. The van der Waals surface area contributed by atoms with Gasteiger partial charge < -0.3 is 15.2 Å². The molecule has 3 rings (SSSR count). The average Bonchev–Trinajstić information content (AvgIpc) is 2.76. The number of carbonyl (C=O) groups excluding carboxylic acids is 2. The van der Waals surface area contributed by atoms with Gasteiger partial charge in [0.15, 0.2) is 0 Å². The van der Waals surface area contributed by atoms with Crippen LogP contribution in [-0.2, 0) is 16.0 Å². The third-order valence-electron chi connectivity index (χ3n) is 4.64. The van der Waals surface area contributed by atoms with E-state index in [-0.39, 0.29) is 22.8 Å². The van der Waals surface area contributed by atoms with Crippen LogP contribution < -0.4 is 5.32 Å². The van der Waals surface area contributed by atoms with Gasteiger partial charge in [-0.15, -0.1) is 0 Å². The van der Waals surface area contributed by atoms with Crippen molar-refractivity contribution in [1.82, 2.24) is 5.32 Å². The number of esters is 1. The molecule has 0 saturated carbocycles. The Morgan fingerprint density at radius 3 is 2.39 bits per heavy atom. The molecule has 31 heavy (non-hydrogen) atoms. The van der Waals surface area contributed by atoms with Crippen LogP contribution in [0.3, 0.4) is 0 Å². The predicted octanol–water partition coefficient (Wildman–Crippen LogP) is 5.13. The van der Waals surface area contributed by atoms with Crippen LogP contribution in [0, 0.1) is 5.82 Å². The molecular weight excluding hydrogens is 489 g/mol. The van der Waals surface area contributed by atoms with Gasteiger partial charge in [0, 0.05) is 10.9 Å². The third kappa shape index (κ3) is 5.62. The van der Waals surface area contributed by atoms with E-state index < -0.39 is 23.7 Å². The number of rotatable bonds is 6. The van der Waals surface area contributed by atoms with Crippen molar-refractivity contribution in [2.45, 2.75) is 12.5 Å². The highest BCUT2D eigenvalue weighted by molar-refractivity contribution is 9.10. The molecule has 0 fully saturated rings. The number of carbonyl (C=O) groups is 2. The number of nitrogens with one attached hydrogen (secondary N) is 1. The van der Waals surface area contributed by atoms with Crippen LogP contribution in [0.15, 0.2) is 65.1 Å². The molecule has 1 atom stereocenters. The summed E-state index contributed by atoms with van der Waals surface area (Å²) >= 11 is 9.19. The standard InChI is InChI=1S/C23H18BrClFNO4/c1-31-23(30)20(10-13-2-6-16(24)7-3-13)27-22(29)17-11-14(5-9-21(17)28)15-4-8-19(26)18(25)12-15/h2-9,11-12,20,28H,10H2,1H3,(H,27,29)/t20-/m0/s1. The van der Waals surface area contributed by atoms with Crippen LogP contribution in [0.1, 0.15) is 15.9 Å². The van der Waals surface area contributed by atoms with Gasteiger partial charge in [0.1, 0.15) is 17.6 Å². The van der Waals surface area contributed by atoms with Crippen molar-refractivity contribution >= 4 is 39.4 Å². The van der Waals surface area contributed by atoms with Crippen molar-refractivity contribution in [2.75, 3.05) is 7.11 Å². The zero-order valence-corrected chi connectivity index (χ0v) is 18.7. The number of phenols is 1. The summed E-state index contributed by atoms with van der Waals surface area (Å²) in [5.74, 6) is -2.09. The number of halogens is 3. The maximum atomic E-state index is 13.5. The van der Waals surface area contributed by atoms with Gasteiger partial charge in [-0.25, -0.2) is 9.18 Å². The molecule has 5 nitrogen and oxygen atoms in total. The molecule has 0 spiro atoms. The zero-order chi connectivity index (χ0) is 22.5. The zero-order valence-electron chi connectivity index (χ0n) is 16.4. The fourth-order valence-corrected chi connectivity index (χ4v) is 3.45. The third-order valence-corrected chi connectivity index (χ3v) is 5.46. The topological polar surface area (TPSA) is 75.6 Å². The molecule has 0 aliphatic rings. The van der Waals surface area contributed by atoms with E-state index in [1.54, 1.807) is 6.07 Å². The average molecular weight is 507 g/mol. The SMILES string of the molecule is COC(=O)[C@H](Cc1ccc(Br)cc1)NC(=O)c1cc(-c2ccc(F)c(Cl)c2)ccc1O. The first-order valence-electron chi connectivity index (χ1n) is 9.20. The minimum atomic E-state index is -0.956. The highest BCUT2D eigenvalue weighted by Crippen LogP contribution is 2.29. The number of hydrogen-bond donors (Lipinski definition) is 2. The Balaban J connectivity index is 1.86. The quantitative estimate of drug-likeness (QED) is 0.455. The van der Waals surface area contributed by atoms with Crippen LogP contribution in [0.2, 0.25) is 5.02 Å². The summed E-state index contributed by atoms with van der Waals surface area (Å²) in [5, 5.41) is 12.8. The molecule has 0 aliphatic heterocycles. The Labute approximate surface area is 191 Å². The van der Waals surface area contributed by atoms with Crippen molar-refractivity contribution in [2.24, 2.45) is 0 Å². The highest BCUT2D eigenvalue weighted by atomic mass is 79.9. The van der Waals surface area contributed by atoms with Crippen molar-refractivity contribution in [3.63, 3.8) is 0 Å². The molecule has 0 heterocycles. The summed E-state index contributed by atoms with van der Waals surface area (Å²) in [6.07, 6.45) is 0.208. The van der Waals surface area contributed by atoms with E-state index in [4.69, 9.17) is 16.3 Å². The smallest absolute Gasteiger partial charge is 0.328 e. The minimum absolute atomic E-state index is 0.0392. The normalized spacial score (nSPS) is 11.6. The van der Waals surface area contributed by atoms with Gasteiger partial charge >= 0.3 is 5.97 Å². The first kappa shape index (κ1) is 22.8. The monoisotopic (exact) mass is 505 g/mol. The molecule has 2 N–H and O–H groups in total. The molecule has 0 unspecified atom stereocenters. The molecule has 3 aromatic rings. The van der Waals surface area contributed by atoms with E-state index in [1.165, 1.54) is 37.4 Å². The van der Waals surface area contributed by atoms with Crippen molar-refractivity contribution < 1.29 is 23.8 Å². The maximum absolute atomic E-state index is 13.5. The van der Waals surface area contributed by atoms with E-state index in [0.717, 1.165) is 10.0 Å². The Morgan fingerprint density at radius 2 is 1.74 bits per heavy atom. The second-order valence-corrected chi connectivity index (χ2v) is 8.06. The van der Waals surface area contributed by atoms with Crippen LogP contribution >= 0.6 is 27.5 Å². The number of phenolic OH excluding ortho intramolecular Hbond substituents is 1. The van der Waals surface area contributed by atoms with Crippen molar-refractivity contribution in [3.05, 3.63) is 87.1 Å². The molecule has 0 aliphatic carbocycles. The molecule has 1 amide bonds. The summed E-state index contributed by atoms with van der Waals surface area (Å²) in [5.41, 5.74) is 1.90. The van der Waals surface area contributed by atoms with Gasteiger partial charge in [-0.3, -0.25) is 4.79 Å². The molecule has 160 valence electrons. The molecule has 0 aromatic heterocycles. The molecule has 0 bridgehead atoms. The lowest BCUT2D eigenvalue weighted by Gasteiger charge is -2.17. The van der Waals surface area contributed by atoms with Crippen LogP contribution in [0.25, 0.3) is 11.1 Å². The predicted molar refractivity (Wildman–Crippen MR) is 120 cm³/mol. The second-order valence-electron chi connectivity index (χ2n) is 6.74. The molecule has 3 aromatic carbocycles. The van der Waals surface area contributed by atoms with Gasteiger partial charge in [-0.05, 0) is 53.1 Å². The Bertz CT molecular complexity index is 1120. The summed E-state index contributed by atoms with van der Waals surface area (Å²) in [6.45, 7) is 0. The number of methoxy groups -OCH3 is 1. The highest BCUT2D eigenvalue weighted by Gasteiger charge is 2.24. The number of benzene rings is 3. The molecule has 8 heteroatoms. The maximum Gasteiger partial charge on any atom is 0.328 e. The van der Waals surface area contributed by atoms with Crippen LogP contribution in [-0.4, -0.2) is 30.1 Å². The Hall–Kier alpha value is -2.90. The fourth-order valence-electron chi connectivity index (χ4n) is 3.00. The second kappa shape index (κ2) is 9.94. The van der Waals surface area contributed by atoms with E-state index in [2.05, 4.69) is 21.2 Å².